The molecule has 5 heteroatoms. The number of nitrogens with one attached hydrogen (secondary N) is 1. The number of ether oxygens (including phenoxy) is 1. The number of amides is 1. The molecule has 1 rings (SSSR count). The van der Waals surface area contributed by atoms with E-state index < -0.39 is 5.41 Å². The summed E-state index contributed by atoms with van der Waals surface area (Å²) in [5, 5.41) is 2.94. The van der Waals surface area contributed by atoms with Crippen molar-refractivity contribution in [3.63, 3.8) is 0 Å². The second-order valence-corrected chi connectivity index (χ2v) is 4.61. The van der Waals surface area contributed by atoms with Crippen LogP contribution < -0.4 is 15.8 Å². The Labute approximate surface area is 127 Å². The maximum absolute atomic E-state index is 12.4. The predicted octanol–water partition coefficient (Wildman–Crippen LogP) is 3.21. The average Bonchev–Trinajstić information content (AvgIpc) is 2.42. The van der Waals surface area contributed by atoms with Gasteiger partial charge in [-0.25, -0.2) is 0 Å². The Morgan fingerprint density at radius 2 is 1.95 bits per heavy atom. The molecule has 0 unspecified atom stereocenters. The lowest BCUT2D eigenvalue weighted by atomic mass is 9.81. The van der Waals surface area contributed by atoms with Gasteiger partial charge in [-0.1, -0.05) is 19.9 Å². The van der Waals surface area contributed by atoms with E-state index in [4.69, 9.17) is 10.5 Å². The summed E-state index contributed by atoms with van der Waals surface area (Å²) in [5.74, 6) is 0.736. The zero-order valence-corrected chi connectivity index (χ0v) is 13.3. The summed E-state index contributed by atoms with van der Waals surface area (Å²) in [4.78, 5) is 12.4. The van der Waals surface area contributed by atoms with Crippen LogP contribution in [-0.2, 0) is 4.79 Å². The van der Waals surface area contributed by atoms with Crippen molar-refractivity contribution in [2.45, 2.75) is 33.6 Å². The van der Waals surface area contributed by atoms with Crippen molar-refractivity contribution in [1.29, 1.82) is 0 Å². The van der Waals surface area contributed by atoms with Crippen LogP contribution >= 0.6 is 12.4 Å². The fourth-order valence-electron chi connectivity index (χ4n) is 2.05. The van der Waals surface area contributed by atoms with Gasteiger partial charge in [-0.15, -0.1) is 12.4 Å². The van der Waals surface area contributed by atoms with Crippen molar-refractivity contribution in [1.82, 2.24) is 0 Å². The molecule has 1 aromatic carbocycles. The van der Waals surface area contributed by atoms with Gasteiger partial charge in [0.25, 0.3) is 0 Å². The molecule has 1 amide bonds. The predicted molar refractivity (Wildman–Crippen MR) is 85.6 cm³/mol. The summed E-state index contributed by atoms with van der Waals surface area (Å²) >= 11 is 0. The van der Waals surface area contributed by atoms with E-state index in [-0.39, 0.29) is 18.3 Å². The van der Waals surface area contributed by atoms with Crippen LogP contribution in [-0.4, -0.2) is 19.1 Å². The summed E-state index contributed by atoms with van der Waals surface area (Å²) in [6.07, 6.45) is 1.47. The standard InChI is InChI=1S/C15H24N2O2.ClH/c1-4-15(5-2,11-16)14(18)17-12-8-7-9-13(10-12)19-6-3;/h7-10H,4-6,11,16H2,1-3H3,(H,17,18);1H. The highest BCUT2D eigenvalue weighted by Gasteiger charge is 2.33. The molecule has 20 heavy (non-hydrogen) atoms. The third kappa shape index (κ3) is 4.39. The Kier molecular flexibility index (Phi) is 8.26. The van der Waals surface area contributed by atoms with E-state index >= 15 is 0 Å². The second-order valence-electron chi connectivity index (χ2n) is 4.61. The van der Waals surface area contributed by atoms with Crippen molar-refractivity contribution in [2.24, 2.45) is 11.1 Å². The number of anilines is 1. The van der Waals surface area contributed by atoms with Gasteiger partial charge in [0.1, 0.15) is 5.75 Å². The van der Waals surface area contributed by atoms with E-state index in [1.54, 1.807) is 0 Å². The van der Waals surface area contributed by atoms with Crippen LogP contribution in [0.1, 0.15) is 33.6 Å². The lowest BCUT2D eigenvalue weighted by Gasteiger charge is -2.28. The number of carbonyl (C=O) groups excluding carboxylic acids is 1. The van der Waals surface area contributed by atoms with Crippen molar-refractivity contribution < 1.29 is 9.53 Å². The fourth-order valence-corrected chi connectivity index (χ4v) is 2.05. The maximum atomic E-state index is 12.4. The Morgan fingerprint density at radius 1 is 1.30 bits per heavy atom. The first kappa shape index (κ1) is 18.7. The van der Waals surface area contributed by atoms with E-state index in [2.05, 4.69) is 5.32 Å². The topological polar surface area (TPSA) is 64.3 Å². The minimum Gasteiger partial charge on any atom is -0.494 e. The van der Waals surface area contributed by atoms with Crippen LogP contribution in [0.4, 0.5) is 5.69 Å². The van der Waals surface area contributed by atoms with E-state index in [0.29, 0.717) is 13.2 Å². The number of hydrogen-bond donors (Lipinski definition) is 2. The molecular formula is C15H25ClN2O2. The zero-order valence-electron chi connectivity index (χ0n) is 12.4. The number of benzene rings is 1. The first-order valence-electron chi connectivity index (χ1n) is 6.86. The second kappa shape index (κ2) is 8.82. The molecule has 0 saturated carbocycles. The van der Waals surface area contributed by atoms with Crippen molar-refractivity contribution >= 4 is 24.0 Å². The van der Waals surface area contributed by atoms with Crippen LogP contribution in [0.15, 0.2) is 24.3 Å². The normalized spacial score (nSPS) is 10.6. The number of hydrogen-bond acceptors (Lipinski definition) is 3. The van der Waals surface area contributed by atoms with E-state index in [9.17, 15) is 4.79 Å². The van der Waals surface area contributed by atoms with Crippen LogP contribution in [0.3, 0.4) is 0 Å². The Morgan fingerprint density at radius 3 is 2.45 bits per heavy atom. The summed E-state index contributed by atoms with van der Waals surface area (Å²) < 4.78 is 5.42. The molecule has 4 nitrogen and oxygen atoms in total. The first-order chi connectivity index (χ1) is 9.11. The SMILES string of the molecule is CCOc1cccc(NC(=O)C(CC)(CC)CN)c1.Cl. The van der Waals surface area contributed by atoms with Gasteiger partial charge < -0.3 is 15.8 Å². The lowest BCUT2D eigenvalue weighted by Crippen LogP contribution is -2.41. The quantitative estimate of drug-likeness (QED) is 0.812. The third-order valence-electron chi connectivity index (χ3n) is 3.63. The highest BCUT2D eigenvalue weighted by molar-refractivity contribution is 5.95. The number of nitrogens with two attached hydrogens (primary N) is 1. The van der Waals surface area contributed by atoms with Gasteiger partial charge in [-0.2, -0.15) is 0 Å². The molecule has 1 aromatic rings. The molecule has 114 valence electrons. The van der Waals surface area contributed by atoms with Crippen LogP contribution in [0, 0.1) is 5.41 Å². The molecule has 0 radical (unpaired) electrons. The first-order valence-corrected chi connectivity index (χ1v) is 6.86. The largest absolute Gasteiger partial charge is 0.494 e. The summed E-state index contributed by atoms with van der Waals surface area (Å²) in [6, 6.07) is 7.42. The van der Waals surface area contributed by atoms with E-state index in [1.807, 2.05) is 45.0 Å². The highest BCUT2D eigenvalue weighted by Crippen LogP contribution is 2.27. The fraction of sp³-hybridized carbons (Fsp3) is 0.533. The van der Waals surface area contributed by atoms with E-state index in [0.717, 1.165) is 24.3 Å². The molecule has 0 spiro atoms. The summed E-state index contributed by atoms with van der Waals surface area (Å²) in [5.41, 5.74) is 6.04. The number of halogens is 1. The molecule has 0 fully saturated rings. The van der Waals surface area contributed by atoms with Crippen molar-refractivity contribution in [3.8, 4) is 5.75 Å². The molecule has 0 saturated heterocycles. The van der Waals surface area contributed by atoms with Gasteiger partial charge >= 0.3 is 0 Å². The molecule has 0 aliphatic carbocycles. The zero-order chi connectivity index (χ0) is 14.3. The van der Waals surface area contributed by atoms with Crippen LogP contribution in [0.2, 0.25) is 0 Å². The van der Waals surface area contributed by atoms with Gasteiger partial charge in [-0.3, -0.25) is 4.79 Å². The van der Waals surface area contributed by atoms with E-state index in [1.165, 1.54) is 0 Å². The van der Waals surface area contributed by atoms with Crippen LogP contribution in [0.5, 0.6) is 5.75 Å². The molecule has 3 N–H and O–H groups in total. The van der Waals surface area contributed by atoms with Gasteiger partial charge in [0.05, 0.1) is 12.0 Å². The Bertz CT molecular complexity index is 412. The van der Waals surface area contributed by atoms with Gasteiger partial charge in [0.15, 0.2) is 0 Å². The minimum atomic E-state index is -0.485. The molecule has 0 heterocycles. The molecule has 0 atom stereocenters. The molecule has 0 aliphatic rings. The third-order valence-corrected chi connectivity index (χ3v) is 3.63. The molecule has 0 bridgehead atoms. The summed E-state index contributed by atoms with van der Waals surface area (Å²) in [6.45, 7) is 6.88. The highest BCUT2D eigenvalue weighted by atomic mass is 35.5. The molecule has 0 aliphatic heterocycles. The average molecular weight is 301 g/mol. The van der Waals surface area contributed by atoms with Gasteiger partial charge in [-0.05, 0) is 31.9 Å². The Balaban J connectivity index is 0.00000361. The van der Waals surface area contributed by atoms with Crippen molar-refractivity contribution in [3.05, 3.63) is 24.3 Å². The van der Waals surface area contributed by atoms with Crippen molar-refractivity contribution in [2.75, 3.05) is 18.5 Å². The summed E-state index contributed by atoms with van der Waals surface area (Å²) in [7, 11) is 0. The maximum Gasteiger partial charge on any atom is 0.231 e. The van der Waals surface area contributed by atoms with Gasteiger partial charge in [0.2, 0.25) is 5.91 Å². The smallest absolute Gasteiger partial charge is 0.231 e. The minimum absolute atomic E-state index is 0. The number of carbonyl (C=O) groups is 1. The lowest BCUT2D eigenvalue weighted by molar-refractivity contribution is -0.125. The molecular weight excluding hydrogens is 276 g/mol. The Hall–Kier alpha value is -1.26. The molecule has 0 aromatic heterocycles. The number of rotatable bonds is 7. The van der Waals surface area contributed by atoms with Crippen LogP contribution in [0.25, 0.3) is 0 Å². The monoisotopic (exact) mass is 300 g/mol. The van der Waals surface area contributed by atoms with Gasteiger partial charge in [0, 0.05) is 18.3 Å².